The fourth-order valence-electron chi connectivity index (χ4n) is 3.55. The lowest BCUT2D eigenvalue weighted by molar-refractivity contribution is -0.137. The summed E-state index contributed by atoms with van der Waals surface area (Å²) in [6.45, 7) is 1.73. The van der Waals surface area contributed by atoms with Crippen molar-refractivity contribution < 1.29 is 18.0 Å². The number of alkyl halides is 3. The molecule has 35 heavy (non-hydrogen) atoms. The number of benzene rings is 2. The molecule has 3 heterocycles. The van der Waals surface area contributed by atoms with Gasteiger partial charge in [-0.15, -0.1) is 0 Å². The molecule has 0 aliphatic carbocycles. The van der Waals surface area contributed by atoms with Crippen LogP contribution in [0.25, 0.3) is 22.5 Å². The van der Waals surface area contributed by atoms with Gasteiger partial charge in [-0.1, -0.05) is 17.7 Å². The minimum absolute atomic E-state index is 0.0602. The molecule has 0 unspecified atom stereocenters. The highest BCUT2D eigenvalue weighted by molar-refractivity contribution is 6.30. The lowest BCUT2D eigenvalue weighted by Crippen LogP contribution is -2.16. The summed E-state index contributed by atoms with van der Waals surface area (Å²) in [7, 11) is 0. The van der Waals surface area contributed by atoms with Crippen molar-refractivity contribution in [2.75, 3.05) is 5.32 Å². The second kappa shape index (κ2) is 8.51. The number of nitrogens with zero attached hydrogens (tertiary/aromatic N) is 6. The third-order valence-electron chi connectivity index (χ3n) is 5.15. The van der Waals surface area contributed by atoms with Gasteiger partial charge < -0.3 is 5.32 Å². The molecule has 0 saturated heterocycles. The first-order chi connectivity index (χ1) is 16.7. The zero-order valence-corrected chi connectivity index (χ0v) is 18.7. The number of anilines is 1. The molecular formula is C23H15ClF3N7O. The Balaban J connectivity index is 1.51. The normalized spacial score (nSPS) is 11.7. The number of carbonyl (C=O) groups excluding carboxylic acids is 1. The molecule has 5 aromatic rings. The van der Waals surface area contributed by atoms with E-state index < -0.39 is 17.6 Å². The molecule has 0 radical (unpaired) electrons. The molecule has 12 heteroatoms. The van der Waals surface area contributed by atoms with Crippen LogP contribution in [0, 0.1) is 6.92 Å². The third kappa shape index (κ3) is 4.33. The summed E-state index contributed by atoms with van der Waals surface area (Å²) < 4.78 is 41.5. The summed E-state index contributed by atoms with van der Waals surface area (Å²) in [5, 5.41) is 12.6. The molecule has 0 atom stereocenters. The first-order valence-electron chi connectivity index (χ1n) is 10.2. The number of hydrogen-bond donors (Lipinski definition) is 1. The number of hydrogen-bond acceptors (Lipinski definition) is 5. The zero-order chi connectivity index (χ0) is 24.7. The third-order valence-corrected chi connectivity index (χ3v) is 5.38. The summed E-state index contributed by atoms with van der Waals surface area (Å²) in [5.74, 6) is 0.0433. The molecule has 0 aliphatic heterocycles. The number of amides is 1. The van der Waals surface area contributed by atoms with E-state index in [0.717, 1.165) is 24.3 Å². The Morgan fingerprint density at radius 2 is 1.80 bits per heavy atom. The smallest absolute Gasteiger partial charge is 0.306 e. The van der Waals surface area contributed by atoms with E-state index in [0.29, 0.717) is 33.3 Å². The van der Waals surface area contributed by atoms with Crippen molar-refractivity contribution >= 4 is 34.4 Å². The number of aromatic nitrogens is 6. The Labute approximate surface area is 201 Å². The van der Waals surface area contributed by atoms with Crippen LogP contribution in [0.1, 0.15) is 21.6 Å². The van der Waals surface area contributed by atoms with E-state index in [1.54, 1.807) is 42.1 Å². The van der Waals surface area contributed by atoms with Crippen LogP contribution in [0.3, 0.4) is 0 Å². The van der Waals surface area contributed by atoms with Gasteiger partial charge in [0.2, 0.25) is 0 Å². The molecule has 8 nitrogen and oxygen atoms in total. The van der Waals surface area contributed by atoms with Crippen molar-refractivity contribution in [2.24, 2.45) is 0 Å². The van der Waals surface area contributed by atoms with Crippen molar-refractivity contribution in [3.63, 3.8) is 0 Å². The summed E-state index contributed by atoms with van der Waals surface area (Å²) in [6.07, 6.45) is -1.57. The predicted molar refractivity (Wildman–Crippen MR) is 123 cm³/mol. The molecule has 176 valence electrons. The molecule has 0 fully saturated rings. The van der Waals surface area contributed by atoms with Crippen LogP contribution in [0.5, 0.6) is 0 Å². The first kappa shape index (κ1) is 22.5. The van der Waals surface area contributed by atoms with Crippen molar-refractivity contribution in [3.05, 3.63) is 89.0 Å². The Kier molecular flexibility index (Phi) is 5.48. The van der Waals surface area contributed by atoms with Gasteiger partial charge in [0.25, 0.3) is 5.91 Å². The Morgan fingerprint density at radius 1 is 1.03 bits per heavy atom. The van der Waals surface area contributed by atoms with E-state index in [-0.39, 0.29) is 11.4 Å². The monoisotopic (exact) mass is 497 g/mol. The number of halogens is 4. The van der Waals surface area contributed by atoms with Crippen molar-refractivity contribution in [1.82, 2.24) is 29.5 Å². The van der Waals surface area contributed by atoms with Crippen molar-refractivity contribution in [2.45, 2.75) is 13.1 Å². The highest BCUT2D eigenvalue weighted by atomic mass is 35.5. The maximum absolute atomic E-state index is 12.8. The summed E-state index contributed by atoms with van der Waals surface area (Å²) in [4.78, 5) is 21.4. The number of fused-ring (bicyclic) bond motifs is 1. The number of nitrogens with one attached hydrogen (secondary N) is 1. The lowest BCUT2D eigenvalue weighted by atomic mass is 10.1. The standard InChI is InChI=1S/C23H15ClF3N7O/c1-13-9-19(31-22(35)14-5-7-15(8-6-14)23(25,26)27)34(32-13)21-18-11-30-33(20(18)28-12-29-21)17-4-2-3-16(24)10-17/h2-12H,1H3,(H,31,35). The van der Waals surface area contributed by atoms with Gasteiger partial charge in [0.15, 0.2) is 11.5 Å². The van der Waals surface area contributed by atoms with Crippen LogP contribution < -0.4 is 5.32 Å². The van der Waals surface area contributed by atoms with Crippen LogP contribution in [-0.2, 0) is 6.18 Å². The molecule has 0 bridgehead atoms. The van der Waals surface area contributed by atoms with Crippen LogP contribution in [-0.4, -0.2) is 35.4 Å². The van der Waals surface area contributed by atoms with Gasteiger partial charge in [-0.2, -0.15) is 28.1 Å². The Bertz CT molecular complexity index is 1560. The van der Waals surface area contributed by atoms with E-state index in [1.807, 2.05) is 6.07 Å². The first-order valence-corrected chi connectivity index (χ1v) is 10.6. The van der Waals surface area contributed by atoms with Gasteiger partial charge in [0, 0.05) is 16.7 Å². The highest BCUT2D eigenvalue weighted by Crippen LogP contribution is 2.29. The Hall–Kier alpha value is -4.25. The number of carbonyl (C=O) groups is 1. The average Bonchev–Trinajstić information content (AvgIpc) is 3.41. The van der Waals surface area contributed by atoms with Gasteiger partial charge in [-0.05, 0) is 49.4 Å². The second-order valence-corrected chi connectivity index (χ2v) is 8.02. The predicted octanol–water partition coefficient (Wildman–Crippen LogP) is 5.23. The molecule has 3 aromatic heterocycles. The van der Waals surface area contributed by atoms with Gasteiger partial charge >= 0.3 is 6.18 Å². The molecule has 1 N–H and O–H groups in total. The molecule has 1 amide bonds. The molecule has 0 aliphatic rings. The SMILES string of the molecule is Cc1cc(NC(=O)c2ccc(C(F)(F)F)cc2)n(-c2ncnc3c2cnn3-c2cccc(Cl)c2)n1. The van der Waals surface area contributed by atoms with E-state index in [4.69, 9.17) is 11.6 Å². The van der Waals surface area contributed by atoms with Crippen molar-refractivity contribution in [3.8, 4) is 11.5 Å². The van der Waals surface area contributed by atoms with Gasteiger partial charge in [-0.25, -0.2) is 14.6 Å². The van der Waals surface area contributed by atoms with Crippen LogP contribution >= 0.6 is 11.6 Å². The maximum Gasteiger partial charge on any atom is 0.416 e. The van der Waals surface area contributed by atoms with E-state index >= 15 is 0 Å². The largest absolute Gasteiger partial charge is 0.416 e. The number of rotatable bonds is 4. The van der Waals surface area contributed by atoms with E-state index in [2.05, 4.69) is 25.5 Å². The van der Waals surface area contributed by atoms with E-state index in [1.165, 1.54) is 11.0 Å². The van der Waals surface area contributed by atoms with E-state index in [9.17, 15) is 18.0 Å². The number of aryl methyl sites for hydroxylation is 1. The summed E-state index contributed by atoms with van der Waals surface area (Å²) in [6, 6.07) is 12.7. The molecule has 0 saturated carbocycles. The lowest BCUT2D eigenvalue weighted by Gasteiger charge is -2.10. The van der Waals surface area contributed by atoms with Gasteiger partial charge in [0.05, 0.1) is 28.5 Å². The fourth-order valence-corrected chi connectivity index (χ4v) is 3.73. The fraction of sp³-hybridized carbons (Fsp3) is 0.0870. The minimum atomic E-state index is -4.49. The zero-order valence-electron chi connectivity index (χ0n) is 18.0. The Morgan fingerprint density at radius 3 is 2.51 bits per heavy atom. The molecule has 5 rings (SSSR count). The topological polar surface area (TPSA) is 90.5 Å². The van der Waals surface area contributed by atoms with Crippen molar-refractivity contribution in [1.29, 1.82) is 0 Å². The molecular weight excluding hydrogens is 483 g/mol. The maximum atomic E-state index is 12.8. The summed E-state index contributed by atoms with van der Waals surface area (Å²) in [5.41, 5.74) is 0.997. The minimum Gasteiger partial charge on any atom is -0.306 e. The second-order valence-electron chi connectivity index (χ2n) is 7.58. The quantitative estimate of drug-likeness (QED) is 0.367. The summed E-state index contributed by atoms with van der Waals surface area (Å²) >= 11 is 6.11. The van der Waals surface area contributed by atoms with Crippen LogP contribution in [0.2, 0.25) is 5.02 Å². The van der Waals surface area contributed by atoms with Gasteiger partial charge in [0.1, 0.15) is 12.1 Å². The average molecular weight is 498 g/mol. The van der Waals surface area contributed by atoms with Crippen LogP contribution in [0.15, 0.2) is 67.1 Å². The van der Waals surface area contributed by atoms with Gasteiger partial charge in [-0.3, -0.25) is 4.79 Å². The molecule has 2 aromatic carbocycles. The molecule has 0 spiro atoms. The highest BCUT2D eigenvalue weighted by Gasteiger charge is 2.30. The van der Waals surface area contributed by atoms with Crippen LogP contribution in [0.4, 0.5) is 19.0 Å².